The quantitative estimate of drug-likeness (QED) is 0.281. The van der Waals surface area contributed by atoms with Gasteiger partial charge in [0.05, 0.1) is 43.0 Å². The number of likely N-dealkylation sites (N-methyl/N-ethyl adjacent to an activating group) is 1. The molecular weight excluding hydrogens is 466 g/mol. The van der Waals surface area contributed by atoms with Crippen molar-refractivity contribution in [2.45, 2.75) is 58.1 Å². The Bertz CT molecular complexity index is 1150. The van der Waals surface area contributed by atoms with Crippen LogP contribution >= 0.6 is 0 Å². The lowest BCUT2D eigenvalue weighted by Crippen LogP contribution is -2.60. The highest BCUT2D eigenvalue weighted by Gasteiger charge is 2.50. The first kappa shape index (κ1) is 25.6. The van der Waals surface area contributed by atoms with E-state index < -0.39 is 6.16 Å². The molecule has 0 aromatic heterocycles. The van der Waals surface area contributed by atoms with Crippen LogP contribution in [0, 0.1) is 6.92 Å². The Labute approximate surface area is 220 Å². The number of aryl methyl sites for hydroxylation is 1. The minimum atomic E-state index is -0.611. The van der Waals surface area contributed by atoms with Gasteiger partial charge >= 0.3 is 6.16 Å². The van der Waals surface area contributed by atoms with Gasteiger partial charge in [0.15, 0.2) is 5.78 Å². The normalized spacial score (nSPS) is 24.0. The van der Waals surface area contributed by atoms with Crippen LogP contribution in [0.5, 0.6) is 0 Å². The maximum Gasteiger partial charge on any atom is 0.512 e. The highest BCUT2D eigenvalue weighted by molar-refractivity contribution is 5.96. The number of likely N-dealkylation sites (tertiary alicyclic amines) is 1. The van der Waals surface area contributed by atoms with Gasteiger partial charge in [0.25, 0.3) is 0 Å². The molecule has 3 aliphatic heterocycles. The smallest absolute Gasteiger partial charge is 0.431 e. The second-order valence-electron chi connectivity index (χ2n) is 11.3. The number of rotatable bonds is 8. The molecule has 5 rings (SSSR count). The van der Waals surface area contributed by atoms with Crippen LogP contribution in [0.4, 0.5) is 16.2 Å². The number of fused-ring (bicyclic) bond motifs is 3. The summed E-state index contributed by atoms with van der Waals surface area (Å²) in [6.07, 6.45) is 1.46. The zero-order valence-electron chi connectivity index (χ0n) is 22.6. The number of hydrogen-bond acceptors (Lipinski definition) is 6. The highest BCUT2D eigenvalue weighted by Crippen LogP contribution is 2.51. The van der Waals surface area contributed by atoms with Crippen molar-refractivity contribution in [3.05, 3.63) is 59.2 Å². The molecule has 3 atom stereocenters. The van der Waals surface area contributed by atoms with Gasteiger partial charge in [0.1, 0.15) is 0 Å². The Morgan fingerprint density at radius 1 is 1.11 bits per heavy atom. The summed E-state index contributed by atoms with van der Waals surface area (Å²) in [4.78, 5) is 30.2. The second-order valence-corrected chi connectivity index (χ2v) is 11.3. The maximum absolute atomic E-state index is 12.9. The van der Waals surface area contributed by atoms with Crippen molar-refractivity contribution >= 4 is 23.3 Å². The number of carbonyl (C=O) groups excluding carboxylic acids is 2. The zero-order valence-corrected chi connectivity index (χ0v) is 22.6. The van der Waals surface area contributed by atoms with Crippen LogP contribution in [0.15, 0.2) is 42.5 Å². The molecule has 198 valence electrons. The lowest BCUT2D eigenvalue weighted by Gasteiger charge is -2.47. The molecular formula is C30H40N3O4+. The molecule has 1 unspecified atom stereocenters. The molecule has 0 radical (unpaired) electrons. The minimum absolute atomic E-state index is 0.170. The van der Waals surface area contributed by atoms with Crippen molar-refractivity contribution in [1.29, 1.82) is 0 Å². The van der Waals surface area contributed by atoms with Gasteiger partial charge in [-0.05, 0) is 32.4 Å². The van der Waals surface area contributed by atoms with Gasteiger partial charge < -0.3 is 19.3 Å². The first-order valence-corrected chi connectivity index (χ1v) is 13.7. The summed E-state index contributed by atoms with van der Waals surface area (Å²) in [6, 6.07) is 15.0. The van der Waals surface area contributed by atoms with E-state index in [0.717, 1.165) is 56.7 Å². The Kier molecular flexibility index (Phi) is 7.17. The van der Waals surface area contributed by atoms with Crippen molar-refractivity contribution < 1.29 is 23.5 Å². The number of ketones is 1. The zero-order chi connectivity index (χ0) is 26.2. The van der Waals surface area contributed by atoms with Crippen molar-refractivity contribution in [1.82, 2.24) is 0 Å². The molecule has 0 amide bonds. The van der Waals surface area contributed by atoms with Crippen molar-refractivity contribution in [3.8, 4) is 0 Å². The van der Waals surface area contributed by atoms with E-state index in [-0.39, 0.29) is 18.6 Å². The third-order valence-electron chi connectivity index (χ3n) is 8.37. The number of hydrogen-bond donors (Lipinski definition) is 0. The molecule has 3 aliphatic rings. The molecule has 0 saturated carbocycles. The lowest BCUT2D eigenvalue weighted by atomic mass is 9.87. The Balaban J connectivity index is 1.33. The summed E-state index contributed by atoms with van der Waals surface area (Å²) < 4.78 is 11.6. The number of anilines is 2. The summed E-state index contributed by atoms with van der Waals surface area (Å²) >= 11 is 0. The summed E-state index contributed by atoms with van der Waals surface area (Å²) in [7, 11) is 2.18. The minimum Gasteiger partial charge on any atom is -0.431 e. The summed E-state index contributed by atoms with van der Waals surface area (Å²) in [5.41, 5.74) is 6.04. The van der Waals surface area contributed by atoms with Crippen LogP contribution in [-0.4, -0.2) is 75.1 Å². The number of nitrogens with zero attached hydrogens (tertiary/aromatic N) is 3. The SMILES string of the molecule is Cc1ccc(C(=O)CCC[N+]2(COC(=O)OC(C)C)CC[C@H]3[C@@H](C2)c2cccc4c2N3CCN4C)cc1. The first-order valence-electron chi connectivity index (χ1n) is 13.7. The van der Waals surface area contributed by atoms with Gasteiger partial charge in [-0.25, -0.2) is 4.79 Å². The van der Waals surface area contributed by atoms with Gasteiger partial charge in [0, 0.05) is 51.0 Å². The number of piperidine rings is 1. The standard InChI is InChI=1S/C30H40N3O4/c1-21(2)37-30(35)36-20-33(17-6-9-28(34)23-12-10-22(3)11-13-23)18-14-26-25(19-33)24-7-5-8-27-29(24)32(26)16-15-31(27)4/h5,7-8,10-13,21,25-26H,6,9,14-20H2,1-4H3/q+1/t25-,26-,33?/m0/s1. The number of para-hydroxylation sites is 1. The van der Waals surface area contributed by atoms with E-state index in [2.05, 4.69) is 35.0 Å². The molecule has 2 aromatic carbocycles. The Hall–Kier alpha value is -3.06. The average molecular weight is 507 g/mol. The van der Waals surface area contributed by atoms with Crippen LogP contribution in [0.2, 0.25) is 0 Å². The van der Waals surface area contributed by atoms with Gasteiger partial charge in [0.2, 0.25) is 6.73 Å². The fraction of sp³-hybridized carbons (Fsp3) is 0.533. The van der Waals surface area contributed by atoms with Gasteiger partial charge in [-0.15, -0.1) is 0 Å². The predicted molar refractivity (Wildman–Crippen MR) is 145 cm³/mol. The number of benzene rings is 2. The summed E-state index contributed by atoms with van der Waals surface area (Å²) in [6.45, 7) is 10.7. The monoisotopic (exact) mass is 506 g/mol. The molecule has 2 aromatic rings. The van der Waals surface area contributed by atoms with Crippen LogP contribution in [0.25, 0.3) is 0 Å². The average Bonchev–Trinajstić information content (AvgIpc) is 3.19. The van der Waals surface area contributed by atoms with Crippen molar-refractivity contribution in [2.24, 2.45) is 0 Å². The van der Waals surface area contributed by atoms with Crippen molar-refractivity contribution in [3.63, 3.8) is 0 Å². The number of Topliss-reactive ketones (excluding diaryl/α,β-unsaturated/α-hetero) is 1. The van der Waals surface area contributed by atoms with E-state index in [0.29, 0.717) is 22.9 Å². The molecule has 0 bridgehead atoms. The Morgan fingerprint density at radius 2 is 1.89 bits per heavy atom. The van der Waals surface area contributed by atoms with Crippen LogP contribution < -0.4 is 9.80 Å². The molecule has 0 N–H and O–H groups in total. The Morgan fingerprint density at radius 3 is 2.65 bits per heavy atom. The molecule has 3 heterocycles. The van der Waals surface area contributed by atoms with E-state index in [4.69, 9.17) is 9.47 Å². The largest absolute Gasteiger partial charge is 0.512 e. The molecule has 0 aliphatic carbocycles. The highest BCUT2D eigenvalue weighted by atomic mass is 16.7. The molecule has 0 spiro atoms. The van der Waals surface area contributed by atoms with Crippen LogP contribution in [-0.2, 0) is 9.47 Å². The molecule has 7 nitrogen and oxygen atoms in total. The van der Waals surface area contributed by atoms with E-state index in [1.807, 2.05) is 45.0 Å². The third-order valence-corrected chi connectivity index (χ3v) is 8.37. The van der Waals surface area contributed by atoms with Crippen LogP contribution in [0.3, 0.4) is 0 Å². The summed E-state index contributed by atoms with van der Waals surface area (Å²) in [5, 5.41) is 0. The molecule has 37 heavy (non-hydrogen) atoms. The third kappa shape index (κ3) is 5.19. The van der Waals surface area contributed by atoms with Crippen molar-refractivity contribution in [2.75, 3.05) is 56.3 Å². The van der Waals surface area contributed by atoms with Gasteiger partial charge in [-0.3, -0.25) is 9.28 Å². The van der Waals surface area contributed by atoms with Crippen LogP contribution in [0.1, 0.15) is 60.5 Å². The maximum atomic E-state index is 12.9. The first-order chi connectivity index (χ1) is 17.8. The second kappa shape index (κ2) is 10.4. The summed E-state index contributed by atoms with van der Waals surface area (Å²) in [5.74, 6) is 0.553. The molecule has 1 fully saturated rings. The molecule has 1 saturated heterocycles. The number of carbonyl (C=O) groups is 2. The van der Waals surface area contributed by atoms with Gasteiger partial charge in [-0.1, -0.05) is 42.0 Å². The predicted octanol–water partition coefficient (Wildman–Crippen LogP) is 5.12. The fourth-order valence-electron chi connectivity index (χ4n) is 6.47. The number of quaternary nitrogens is 1. The fourth-order valence-corrected chi connectivity index (χ4v) is 6.47. The topological polar surface area (TPSA) is 59.1 Å². The van der Waals surface area contributed by atoms with Gasteiger partial charge in [-0.2, -0.15) is 0 Å². The van der Waals surface area contributed by atoms with E-state index >= 15 is 0 Å². The van der Waals surface area contributed by atoms with E-state index in [1.165, 1.54) is 16.9 Å². The van der Waals surface area contributed by atoms with E-state index in [1.54, 1.807) is 0 Å². The molecule has 7 heteroatoms. The van der Waals surface area contributed by atoms with E-state index in [9.17, 15) is 9.59 Å². The lowest BCUT2D eigenvalue weighted by molar-refractivity contribution is -0.949. The number of ether oxygens (including phenoxy) is 2.